The van der Waals surface area contributed by atoms with Crippen LogP contribution >= 0.6 is 0 Å². The number of aromatic nitrogens is 2. The van der Waals surface area contributed by atoms with Crippen molar-refractivity contribution in [1.29, 1.82) is 0 Å². The van der Waals surface area contributed by atoms with Gasteiger partial charge in [0.25, 0.3) is 0 Å². The van der Waals surface area contributed by atoms with Crippen LogP contribution in [0, 0.1) is 0 Å². The third kappa shape index (κ3) is 4.62. The number of nitrogens with zero attached hydrogens (tertiary/aromatic N) is 4. The molecule has 1 aromatic rings. The van der Waals surface area contributed by atoms with Gasteiger partial charge in [-0.25, -0.2) is 0 Å². The van der Waals surface area contributed by atoms with Gasteiger partial charge in [0.1, 0.15) is 0 Å². The number of carbonyl (C=O) groups excluding carboxylic acids is 2. The predicted molar refractivity (Wildman–Crippen MR) is 93.3 cm³/mol. The molecule has 8 heteroatoms. The highest BCUT2D eigenvalue weighted by molar-refractivity contribution is 5.79. The van der Waals surface area contributed by atoms with Crippen molar-refractivity contribution in [3.05, 3.63) is 17.5 Å². The summed E-state index contributed by atoms with van der Waals surface area (Å²) in [4.78, 5) is 38.9. The zero-order valence-electron chi connectivity index (χ0n) is 15.0. The standard InChI is InChI=1S/C18H26N4O4/c23-16-4-2-1-3-8-20(16)9-7-17(24)21-10-11-22-15(13-21)12-14(19-22)5-6-18(25)26/h12H,1-11,13H2,(H,25,26). The van der Waals surface area contributed by atoms with E-state index in [-0.39, 0.29) is 18.2 Å². The largest absolute Gasteiger partial charge is 0.481 e. The lowest BCUT2D eigenvalue weighted by atomic mass is 10.2. The number of rotatable bonds is 6. The highest BCUT2D eigenvalue weighted by Gasteiger charge is 2.24. The summed E-state index contributed by atoms with van der Waals surface area (Å²) in [7, 11) is 0. The summed E-state index contributed by atoms with van der Waals surface area (Å²) < 4.78 is 1.86. The fourth-order valence-corrected chi connectivity index (χ4v) is 3.56. The molecule has 26 heavy (non-hydrogen) atoms. The molecule has 8 nitrogen and oxygen atoms in total. The van der Waals surface area contributed by atoms with Gasteiger partial charge in [-0.2, -0.15) is 5.10 Å². The number of aliphatic carboxylic acids is 1. The molecular formula is C18H26N4O4. The van der Waals surface area contributed by atoms with Crippen LogP contribution in [0.2, 0.25) is 0 Å². The van der Waals surface area contributed by atoms with Gasteiger partial charge in [0.05, 0.1) is 30.9 Å². The van der Waals surface area contributed by atoms with Gasteiger partial charge >= 0.3 is 5.97 Å². The zero-order valence-corrected chi connectivity index (χ0v) is 15.0. The van der Waals surface area contributed by atoms with Crippen molar-refractivity contribution in [2.75, 3.05) is 19.6 Å². The molecule has 3 rings (SSSR count). The van der Waals surface area contributed by atoms with E-state index in [2.05, 4.69) is 5.10 Å². The third-order valence-corrected chi connectivity index (χ3v) is 5.06. The van der Waals surface area contributed by atoms with Gasteiger partial charge in [-0.05, 0) is 18.9 Å². The summed E-state index contributed by atoms with van der Waals surface area (Å²) in [5.74, 6) is -0.618. The Balaban J connectivity index is 1.52. The summed E-state index contributed by atoms with van der Waals surface area (Å²) in [6.07, 6.45) is 4.45. The zero-order chi connectivity index (χ0) is 18.5. The molecule has 0 aromatic carbocycles. The van der Waals surface area contributed by atoms with E-state index < -0.39 is 5.97 Å². The van der Waals surface area contributed by atoms with Crippen LogP contribution in [-0.2, 0) is 33.9 Å². The molecular weight excluding hydrogens is 336 g/mol. The lowest BCUT2D eigenvalue weighted by molar-refractivity contribution is -0.137. The molecule has 142 valence electrons. The number of hydrogen-bond donors (Lipinski definition) is 1. The molecule has 2 amide bonds. The van der Waals surface area contributed by atoms with Gasteiger partial charge < -0.3 is 14.9 Å². The number of amides is 2. The SMILES string of the molecule is O=C(O)CCc1cc2n(n1)CCN(C(=O)CCN1CCCCCC1=O)C2. The van der Waals surface area contributed by atoms with E-state index in [0.717, 1.165) is 37.2 Å². The van der Waals surface area contributed by atoms with Crippen molar-refractivity contribution >= 4 is 17.8 Å². The van der Waals surface area contributed by atoms with Crippen molar-refractivity contribution in [2.24, 2.45) is 0 Å². The van der Waals surface area contributed by atoms with E-state index in [1.165, 1.54) is 0 Å². The highest BCUT2D eigenvalue weighted by Crippen LogP contribution is 2.17. The molecule has 1 aromatic heterocycles. The Morgan fingerprint density at radius 3 is 2.77 bits per heavy atom. The van der Waals surface area contributed by atoms with Crippen LogP contribution in [0.3, 0.4) is 0 Å². The molecule has 1 N–H and O–H groups in total. The number of aryl methyl sites for hydroxylation is 1. The van der Waals surface area contributed by atoms with E-state index in [1.807, 2.05) is 15.6 Å². The average Bonchev–Trinajstić information content (AvgIpc) is 2.92. The first-order valence-corrected chi connectivity index (χ1v) is 9.36. The molecule has 0 saturated carbocycles. The molecule has 0 atom stereocenters. The Morgan fingerprint density at radius 2 is 1.96 bits per heavy atom. The van der Waals surface area contributed by atoms with Gasteiger partial charge in [0, 0.05) is 38.9 Å². The van der Waals surface area contributed by atoms with Crippen molar-refractivity contribution in [2.45, 2.75) is 58.0 Å². The average molecular weight is 362 g/mol. The summed E-state index contributed by atoms with van der Waals surface area (Å²) in [6, 6.07) is 1.89. The van der Waals surface area contributed by atoms with Gasteiger partial charge in [0.2, 0.25) is 11.8 Å². The van der Waals surface area contributed by atoms with Crippen LogP contribution in [0.25, 0.3) is 0 Å². The Kier molecular flexibility index (Phi) is 5.90. The summed E-state index contributed by atoms with van der Waals surface area (Å²) >= 11 is 0. The maximum atomic E-state index is 12.5. The third-order valence-electron chi connectivity index (χ3n) is 5.06. The quantitative estimate of drug-likeness (QED) is 0.816. The minimum Gasteiger partial charge on any atom is -0.481 e. The lowest BCUT2D eigenvalue weighted by Crippen LogP contribution is -2.40. The van der Waals surface area contributed by atoms with Crippen molar-refractivity contribution in [3.8, 4) is 0 Å². The van der Waals surface area contributed by atoms with Gasteiger partial charge in [-0.3, -0.25) is 19.1 Å². The van der Waals surface area contributed by atoms with Crippen LogP contribution in [0.5, 0.6) is 0 Å². The molecule has 0 bridgehead atoms. The minimum absolute atomic E-state index is 0.0570. The summed E-state index contributed by atoms with van der Waals surface area (Å²) in [5.41, 5.74) is 1.70. The van der Waals surface area contributed by atoms with E-state index in [9.17, 15) is 14.4 Å². The van der Waals surface area contributed by atoms with Crippen LogP contribution in [-0.4, -0.2) is 62.1 Å². The molecule has 2 aliphatic rings. The van der Waals surface area contributed by atoms with Crippen LogP contribution in [0.1, 0.15) is 49.9 Å². The van der Waals surface area contributed by atoms with E-state index in [0.29, 0.717) is 45.4 Å². The molecule has 0 radical (unpaired) electrons. The Labute approximate surface area is 152 Å². The predicted octanol–water partition coefficient (Wildman–Crippen LogP) is 1.04. The molecule has 0 unspecified atom stereocenters. The monoisotopic (exact) mass is 362 g/mol. The normalized spacial score (nSPS) is 17.8. The van der Waals surface area contributed by atoms with E-state index >= 15 is 0 Å². The number of fused-ring (bicyclic) bond motifs is 1. The van der Waals surface area contributed by atoms with Crippen molar-refractivity contribution in [3.63, 3.8) is 0 Å². The Hall–Kier alpha value is -2.38. The van der Waals surface area contributed by atoms with E-state index in [1.54, 1.807) is 4.90 Å². The molecule has 0 aliphatic carbocycles. The fraction of sp³-hybridized carbons (Fsp3) is 0.667. The number of carbonyl (C=O) groups is 3. The number of likely N-dealkylation sites (tertiary alicyclic amines) is 1. The Bertz CT molecular complexity index is 685. The number of hydrogen-bond acceptors (Lipinski definition) is 4. The summed E-state index contributed by atoms with van der Waals surface area (Å²) in [6.45, 7) is 2.96. The lowest BCUT2D eigenvalue weighted by Gasteiger charge is -2.29. The maximum absolute atomic E-state index is 12.5. The van der Waals surface area contributed by atoms with E-state index in [4.69, 9.17) is 5.11 Å². The topological polar surface area (TPSA) is 95.7 Å². The second kappa shape index (κ2) is 8.33. The van der Waals surface area contributed by atoms with Gasteiger partial charge in [0.15, 0.2) is 0 Å². The first kappa shape index (κ1) is 18.4. The molecule has 1 fully saturated rings. The smallest absolute Gasteiger partial charge is 0.303 e. The summed E-state index contributed by atoms with van der Waals surface area (Å²) in [5, 5.41) is 13.2. The van der Waals surface area contributed by atoms with Crippen molar-refractivity contribution in [1.82, 2.24) is 19.6 Å². The molecule has 0 spiro atoms. The maximum Gasteiger partial charge on any atom is 0.303 e. The number of carboxylic acids is 1. The fourth-order valence-electron chi connectivity index (χ4n) is 3.56. The van der Waals surface area contributed by atoms with Crippen LogP contribution in [0.15, 0.2) is 6.07 Å². The number of carboxylic acid groups (broad SMARTS) is 1. The second-order valence-corrected chi connectivity index (χ2v) is 7.00. The van der Waals surface area contributed by atoms with Crippen LogP contribution in [0.4, 0.5) is 0 Å². The first-order chi connectivity index (χ1) is 12.5. The molecule has 1 saturated heterocycles. The molecule has 3 heterocycles. The second-order valence-electron chi connectivity index (χ2n) is 7.00. The highest BCUT2D eigenvalue weighted by atomic mass is 16.4. The van der Waals surface area contributed by atoms with Crippen molar-refractivity contribution < 1.29 is 19.5 Å². The molecule has 2 aliphatic heterocycles. The van der Waals surface area contributed by atoms with Crippen LogP contribution < -0.4 is 0 Å². The van der Waals surface area contributed by atoms with Gasteiger partial charge in [-0.15, -0.1) is 0 Å². The minimum atomic E-state index is -0.837. The van der Waals surface area contributed by atoms with Gasteiger partial charge in [-0.1, -0.05) is 6.42 Å². The first-order valence-electron chi connectivity index (χ1n) is 9.36. The Morgan fingerprint density at radius 1 is 1.12 bits per heavy atom.